The molecule has 1 atom stereocenters. The van der Waals surface area contributed by atoms with Crippen molar-refractivity contribution in [2.75, 3.05) is 49.1 Å². The van der Waals surface area contributed by atoms with E-state index in [1.807, 2.05) is 0 Å². The molecule has 0 unspecified atom stereocenters. The number of carbonyl (C=O) groups is 1. The first kappa shape index (κ1) is 28.7. The summed E-state index contributed by atoms with van der Waals surface area (Å²) in [7, 11) is -6.25. The Balaban J connectivity index is 1.52. The number of benzene rings is 2. The normalized spacial score (nSPS) is 16.1. The fourth-order valence-corrected chi connectivity index (χ4v) is 5.75. The van der Waals surface area contributed by atoms with Gasteiger partial charge in [-0.25, -0.2) is 16.8 Å². The van der Waals surface area contributed by atoms with E-state index in [2.05, 4.69) is 14.9 Å². The Kier molecular flexibility index (Phi) is 9.02. The van der Waals surface area contributed by atoms with Gasteiger partial charge in [0.05, 0.1) is 22.9 Å². The second-order valence-electron chi connectivity index (χ2n) is 8.98. The van der Waals surface area contributed by atoms with Crippen molar-refractivity contribution in [3.63, 3.8) is 0 Å². The van der Waals surface area contributed by atoms with Crippen LogP contribution in [0.2, 0.25) is 0 Å². The SMILES string of the molecule is CN(CC(=O)O)S(=O)(=O)c1ccc(N2CCC(NC[C@@H](O)c3ccc(O)c(NS(C)(=O)=O)c3)CC2)cc1. The van der Waals surface area contributed by atoms with Gasteiger partial charge in [0.25, 0.3) is 0 Å². The van der Waals surface area contributed by atoms with Gasteiger partial charge in [0, 0.05) is 38.4 Å². The van der Waals surface area contributed by atoms with Crippen LogP contribution in [0.4, 0.5) is 11.4 Å². The number of carboxylic acids is 1. The zero-order chi connectivity index (χ0) is 27.4. The highest BCUT2D eigenvalue weighted by molar-refractivity contribution is 7.92. The summed E-state index contributed by atoms with van der Waals surface area (Å²) < 4.78 is 50.9. The minimum absolute atomic E-state index is 0.000271. The quantitative estimate of drug-likeness (QED) is 0.248. The van der Waals surface area contributed by atoms with Crippen molar-refractivity contribution in [1.82, 2.24) is 9.62 Å². The molecule has 2 aromatic rings. The number of sulfonamides is 2. The van der Waals surface area contributed by atoms with Gasteiger partial charge in [0.15, 0.2) is 0 Å². The van der Waals surface area contributed by atoms with Crippen LogP contribution in [-0.2, 0) is 24.8 Å². The largest absolute Gasteiger partial charge is 0.506 e. The van der Waals surface area contributed by atoms with Gasteiger partial charge < -0.3 is 25.5 Å². The maximum absolute atomic E-state index is 12.5. The Hall–Kier alpha value is -2.91. The summed E-state index contributed by atoms with van der Waals surface area (Å²) in [6.45, 7) is 1.04. The van der Waals surface area contributed by atoms with Crippen molar-refractivity contribution in [1.29, 1.82) is 0 Å². The summed E-state index contributed by atoms with van der Waals surface area (Å²) in [5.41, 5.74) is 1.31. The highest BCUT2D eigenvalue weighted by Gasteiger charge is 2.24. The van der Waals surface area contributed by atoms with Crippen LogP contribution in [0.3, 0.4) is 0 Å². The summed E-state index contributed by atoms with van der Waals surface area (Å²) in [5, 5.41) is 32.6. The average molecular weight is 557 g/mol. The number of hydrogen-bond donors (Lipinski definition) is 5. The second-order valence-corrected chi connectivity index (χ2v) is 12.8. The van der Waals surface area contributed by atoms with Gasteiger partial charge in [-0.05, 0) is 54.8 Å². The molecule has 0 aliphatic carbocycles. The number of aliphatic carboxylic acids is 1. The third-order valence-corrected chi connectivity index (χ3v) is 8.47. The first-order valence-corrected chi connectivity index (χ1v) is 14.8. The fourth-order valence-electron chi connectivity index (χ4n) is 4.06. The van der Waals surface area contributed by atoms with Gasteiger partial charge in [0.2, 0.25) is 20.0 Å². The molecule has 2 aromatic carbocycles. The number of aliphatic hydroxyl groups is 1. The summed E-state index contributed by atoms with van der Waals surface area (Å²) in [5.74, 6) is -1.47. The number of piperidine rings is 1. The molecule has 0 amide bonds. The van der Waals surface area contributed by atoms with Crippen LogP contribution in [0.5, 0.6) is 5.75 Å². The molecule has 5 N–H and O–H groups in total. The molecule has 1 fully saturated rings. The number of nitrogens with zero attached hydrogens (tertiary/aromatic N) is 2. The summed E-state index contributed by atoms with van der Waals surface area (Å²) >= 11 is 0. The van der Waals surface area contributed by atoms with Gasteiger partial charge in [-0.3, -0.25) is 9.52 Å². The molecule has 3 rings (SSSR count). The molecule has 0 saturated carbocycles. The molecule has 1 heterocycles. The molecule has 1 saturated heterocycles. The van der Waals surface area contributed by atoms with Crippen molar-refractivity contribution >= 4 is 37.4 Å². The Morgan fingerprint density at radius 2 is 1.73 bits per heavy atom. The number of hydrogen-bond acceptors (Lipinski definition) is 9. The van der Waals surface area contributed by atoms with E-state index in [4.69, 9.17) is 5.11 Å². The molecule has 204 valence electrons. The minimum Gasteiger partial charge on any atom is -0.506 e. The van der Waals surface area contributed by atoms with E-state index in [1.165, 1.54) is 37.4 Å². The van der Waals surface area contributed by atoms with Crippen molar-refractivity contribution in [2.45, 2.75) is 29.9 Å². The molecule has 0 spiro atoms. The molecule has 0 radical (unpaired) electrons. The molecular weight excluding hydrogens is 524 g/mol. The van der Waals surface area contributed by atoms with E-state index >= 15 is 0 Å². The van der Waals surface area contributed by atoms with E-state index in [1.54, 1.807) is 12.1 Å². The first-order chi connectivity index (χ1) is 17.3. The van der Waals surface area contributed by atoms with Crippen LogP contribution in [0.25, 0.3) is 0 Å². The predicted molar refractivity (Wildman–Crippen MR) is 139 cm³/mol. The van der Waals surface area contributed by atoms with Crippen LogP contribution in [-0.4, -0.2) is 88.0 Å². The molecule has 0 bridgehead atoms. The lowest BCUT2D eigenvalue weighted by atomic mass is 10.0. The standard InChI is InChI=1S/C23H32N4O8S2/c1-26(15-23(30)31)37(34,35)19-6-4-18(5-7-19)27-11-9-17(10-12-27)24-14-22(29)16-3-8-21(28)20(13-16)25-36(2,32)33/h3-8,13,17,22,24-25,28-29H,9-12,14-15H2,1-2H3,(H,30,31)/t22-/m1/s1. The van der Waals surface area contributed by atoms with Crippen molar-refractivity contribution in [2.24, 2.45) is 0 Å². The average Bonchev–Trinajstić information content (AvgIpc) is 2.83. The zero-order valence-electron chi connectivity index (χ0n) is 20.5. The maximum atomic E-state index is 12.5. The number of anilines is 2. The topological polar surface area (TPSA) is 177 Å². The molecular formula is C23H32N4O8S2. The van der Waals surface area contributed by atoms with Crippen LogP contribution in [0.15, 0.2) is 47.4 Å². The number of rotatable bonds is 11. The highest BCUT2D eigenvalue weighted by atomic mass is 32.2. The third-order valence-electron chi connectivity index (χ3n) is 6.06. The van der Waals surface area contributed by atoms with E-state index in [9.17, 15) is 31.8 Å². The van der Waals surface area contributed by atoms with Gasteiger partial charge >= 0.3 is 5.97 Å². The van der Waals surface area contributed by atoms with E-state index in [0.717, 1.165) is 29.1 Å². The van der Waals surface area contributed by atoms with Gasteiger partial charge in [0.1, 0.15) is 12.3 Å². The second kappa shape index (κ2) is 11.6. The Morgan fingerprint density at radius 1 is 1.11 bits per heavy atom. The van der Waals surface area contributed by atoms with Crippen molar-refractivity contribution in [3.05, 3.63) is 48.0 Å². The number of phenolic OH excluding ortho intramolecular Hbond substituents is 1. The number of carboxylic acid groups (broad SMARTS) is 1. The molecule has 14 heteroatoms. The molecule has 1 aliphatic heterocycles. The van der Waals surface area contributed by atoms with Gasteiger partial charge in [-0.2, -0.15) is 4.31 Å². The summed E-state index contributed by atoms with van der Waals surface area (Å²) in [4.78, 5) is 13.0. The molecule has 37 heavy (non-hydrogen) atoms. The van der Waals surface area contributed by atoms with E-state index in [0.29, 0.717) is 18.7 Å². The number of nitrogens with one attached hydrogen (secondary N) is 2. The zero-order valence-corrected chi connectivity index (χ0v) is 22.2. The Labute approximate surface area is 216 Å². The monoisotopic (exact) mass is 556 g/mol. The highest BCUT2D eigenvalue weighted by Crippen LogP contribution is 2.28. The van der Waals surface area contributed by atoms with E-state index in [-0.39, 0.29) is 28.9 Å². The van der Waals surface area contributed by atoms with Crippen LogP contribution < -0.4 is 14.9 Å². The fraction of sp³-hybridized carbons (Fsp3) is 0.435. The van der Waals surface area contributed by atoms with E-state index < -0.39 is 38.7 Å². The lowest BCUT2D eigenvalue weighted by Gasteiger charge is -2.34. The molecule has 0 aromatic heterocycles. The van der Waals surface area contributed by atoms with Crippen molar-refractivity contribution in [3.8, 4) is 5.75 Å². The first-order valence-electron chi connectivity index (χ1n) is 11.5. The predicted octanol–water partition coefficient (Wildman–Crippen LogP) is 0.761. The Morgan fingerprint density at radius 3 is 2.30 bits per heavy atom. The lowest BCUT2D eigenvalue weighted by molar-refractivity contribution is -0.137. The number of phenols is 1. The third kappa shape index (κ3) is 7.79. The van der Waals surface area contributed by atoms with Gasteiger partial charge in [-0.1, -0.05) is 6.07 Å². The number of aliphatic hydroxyl groups excluding tert-OH is 1. The smallest absolute Gasteiger partial charge is 0.318 e. The lowest BCUT2D eigenvalue weighted by Crippen LogP contribution is -2.43. The summed E-state index contributed by atoms with van der Waals surface area (Å²) in [6, 6.07) is 10.7. The molecule has 1 aliphatic rings. The Bertz CT molecular complexity index is 1310. The van der Waals surface area contributed by atoms with Crippen LogP contribution in [0.1, 0.15) is 24.5 Å². The van der Waals surface area contributed by atoms with Gasteiger partial charge in [-0.15, -0.1) is 0 Å². The number of likely N-dealkylation sites (N-methyl/N-ethyl adjacent to an activating group) is 1. The minimum atomic E-state index is -3.89. The maximum Gasteiger partial charge on any atom is 0.318 e. The van der Waals surface area contributed by atoms with Crippen LogP contribution >= 0.6 is 0 Å². The van der Waals surface area contributed by atoms with Crippen LogP contribution in [0, 0.1) is 0 Å². The molecule has 12 nitrogen and oxygen atoms in total. The van der Waals surface area contributed by atoms with Crippen molar-refractivity contribution < 1.29 is 36.9 Å². The summed E-state index contributed by atoms with van der Waals surface area (Å²) in [6.07, 6.45) is 1.63. The number of aromatic hydroxyl groups is 1.